The summed E-state index contributed by atoms with van der Waals surface area (Å²) in [5, 5.41) is 9.57. The Hall–Kier alpha value is -0.640. The molecule has 2 nitrogen and oxygen atoms in total. The first-order chi connectivity index (χ1) is 5.93. The largest absolute Gasteiger partial charge is 0.388 e. The molecule has 0 heterocycles. The average molecular weight is 220 g/mol. The quantitative estimate of drug-likeness (QED) is 0.800. The highest BCUT2D eigenvalue weighted by molar-refractivity contribution is 5.85. The van der Waals surface area contributed by atoms with Crippen molar-refractivity contribution in [2.24, 2.45) is 5.73 Å². The van der Waals surface area contributed by atoms with Crippen molar-refractivity contribution >= 4 is 12.4 Å². The highest BCUT2D eigenvalue weighted by Crippen LogP contribution is 2.24. The van der Waals surface area contributed by atoms with Gasteiger partial charge in [0, 0.05) is 5.56 Å². The smallest absolute Gasteiger partial charge is 0.128 e. The molecule has 0 fully saturated rings. The van der Waals surface area contributed by atoms with Crippen molar-refractivity contribution in [1.29, 1.82) is 0 Å². The Balaban J connectivity index is 0.00000169. The third kappa shape index (κ3) is 2.94. The Bertz CT molecular complexity index is 298. The van der Waals surface area contributed by atoms with Gasteiger partial charge in [-0.2, -0.15) is 0 Å². The van der Waals surface area contributed by atoms with Gasteiger partial charge >= 0.3 is 0 Å². The van der Waals surface area contributed by atoms with Crippen LogP contribution >= 0.6 is 12.4 Å². The Morgan fingerprint density at radius 2 is 1.86 bits per heavy atom. The molecule has 0 aromatic heterocycles. The molecule has 1 rings (SSSR count). The molecule has 0 amide bonds. The van der Waals surface area contributed by atoms with E-state index in [0.29, 0.717) is 5.56 Å². The molecule has 0 aliphatic carbocycles. The molecule has 1 aromatic rings. The first-order valence-electron chi connectivity index (χ1n) is 4.15. The van der Waals surface area contributed by atoms with Gasteiger partial charge in [-0.1, -0.05) is 18.2 Å². The van der Waals surface area contributed by atoms with Crippen LogP contribution in [-0.4, -0.2) is 10.7 Å². The summed E-state index contributed by atoms with van der Waals surface area (Å²) >= 11 is 0. The SMILES string of the molecule is CC(C)(O)C(N)c1ccccc1F.Cl. The van der Waals surface area contributed by atoms with E-state index < -0.39 is 11.6 Å². The predicted molar refractivity (Wildman–Crippen MR) is 56.9 cm³/mol. The van der Waals surface area contributed by atoms with Crippen LogP contribution in [-0.2, 0) is 0 Å². The molecular formula is C10H15ClFNO. The number of hydrogen-bond donors (Lipinski definition) is 2. The Labute approximate surface area is 89.3 Å². The number of nitrogens with two attached hydrogens (primary N) is 1. The normalized spacial score (nSPS) is 13.2. The third-order valence-electron chi connectivity index (χ3n) is 2.00. The highest BCUT2D eigenvalue weighted by atomic mass is 35.5. The summed E-state index contributed by atoms with van der Waals surface area (Å²) in [6.45, 7) is 3.12. The fourth-order valence-corrected chi connectivity index (χ4v) is 1.11. The van der Waals surface area contributed by atoms with Gasteiger partial charge in [-0.3, -0.25) is 0 Å². The van der Waals surface area contributed by atoms with Crippen LogP contribution in [0, 0.1) is 5.82 Å². The van der Waals surface area contributed by atoms with Crippen molar-refractivity contribution < 1.29 is 9.50 Å². The maximum Gasteiger partial charge on any atom is 0.128 e. The lowest BCUT2D eigenvalue weighted by Gasteiger charge is -2.26. The Kier molecular flexibility index (Phi) is 4.52. The molecule has 3 N–H and O–H groups in total. The maximum absolute atomic E-state index is 13.2. The van der Waals surface area contributed by atoms with Crippen LogP contribution in [0.4, 0.5) is 4.39 Å². The molecule has 80 valence electrons. The first-order valence-corrected chi connectivity index (χ1v) is 4.15. The summed E-state index contributed by atoms with van der Waals surface area (Å²) in [6, 6.07) is 5.51. The second-order valence-corrected chi connectivity index (χ2v) is 3.65. The first kappa shape index (κ1) is 13.4. The van der Waals surface area contributed by atoms with Gasteiger partial charge in [0.25, 0.3) is 0 Å². The van der Waals surface area contributed by atoms with Crippen molar-refractivity contribution in [3.8, 4) is 0 Å². The van der Waals surface area contributed by atoms with E-state index in [4.69, 9.17) is 5.73 Å². The molecule has 0 saturated carbocycles. The van der Waals surface area contributed by atoms with Gasteiger partial charge < -0.3 is 10.8 Å². The van der Waals surface area contributed by atoms with Crippen molar-refractivity contribution in [1.82, 2.24) is 0 Å². The summed E-state index contributed by atoms with van der Waals surface area (Å²) in [7, 11) is 0. The van der Waals surface area contributed by atoms with E-state index in [0.717, 1.165) is 0 Å². The van der Waals surface area contributed by atoms with E-state index in [1.54, 1.807) is 32.0 Å². The van der Waals surface area contributed by atoms with Crippen LogP contribution in [0.15, 0.2) is 24.3 Å². The molecule has 0 aliphatic heterocycles. The van der Waals surface area contributed by atoms with E-state index in [1.807, 2.05) is 0 Å². The molecule has 1 aromatic carbocycles. The molecule has 0 radical (unpaired) electrons. The van der Waals surface area contributed by atoms with E-state index in [-0.39, 0.29) is 18.2 Å². The summed E-state index contributed by atoms with van der Waals surface area (Å²) < 4.78 is 13.2. The zero-order chi connectivity index (χ0) is 10.1. The summed E-state index contributed by atoms with van der Waals surface area (Å²) in [6.07, 6.45) is 0. The minimum Gasteiger partial charge on any atom is -0.388 e. The topological polar surface area (TPSA) is 46.2 Å². The third-order valence-corrected chi connectivity index (χ3v) is 2.00. The van der Waals surface area contributed by atoms with Crippen LogP contribution in [0.25, 0.3) is 0 Å². The fraction of sp³-hybridized carbons (Fsp3) is 0.400. The van der Waals surface area contributed by atoms with E-state index in [9.17, 15) is 9.50 Å². The number of benzene rings is 1. The average Bonchev–Trinajstić information content (AvgIpc) is 2.02. The lowest BCUT2D eigenvalue weighted by Crippen LogP contribution is -2.35. The van der Waals surface area contributed by atoms with Crippen LogP contribution in [0.1, 0.15) is 25.5 Å². The lowest BCUT2D eigenvalue weighted by atomic mass is 9.92. The van der Waals surface area contributed by atoms with Crippen molar-refractivity contribution in [3.05, 3.63) is 35.6 Å². The molecule has 14 heavy (non-hydrogen) atoms. The molecular weight excluding hydrogens is 205 g/mol. The summed E-state index contributed by atoms with van der Waals surface area (Å²) in [4.78, 5) is 0. The Morgan fingerprint density at radius 1 is 1.36 bits per heavy atom. The minimum absolute atomic E-state index is 0. The minimum atomic E-state index is -1.11. The van der Waals surface area contributed by atoms with E-state index >= 15 is 0 Å². The van der Waals surface area contributed by atoms with E-state index in [2.05, 4.69) is 0 Å². The van der Waals surface area contributed by atoms with Gasteiger partial charge in [0.05, 0.1) is 11.6 Å². The molecule has 1 atom stereocenters. The van der Waals surface area contributed by atoms with Gasteiger partial charge in [0.15, 0.2) is 0 Å². The molecule has 4 heteroatoms. The summed E-state index contributed by atoms with van der Waals surface area (Å²) in [5.41, 5.74) is 4.92. The molecule has 0 aliphatic rings. The van der Waals surface area contributed by atoms with Gasteiger partial charge in [-0.15, -0.1) is 12.4 Å². The van der Waals surface area contributed by atoms with Gasteiger partial charge in [0.1, 0.15) is 5.82 Å². The van der Waals surface area contributed by atoms with Gasteiger partial charge in [-0.05, 0) is 19.9 Å². The highest BCUT2D eigenvalue weighted by Gasteiger charge is 2.26. The zero-order valence-corrected chi connectivity index (χ0v) is 9.01. The van der Waals surface area contributed by atoms with Crippen molar-refractivity contribution in [3.63, 3.8) is 0 Å². The zero-order valence-electron chi connectivity index (χ0n) is 8.20. The monoisotopic (exact) mass is 219 g/mol. The van der Waals surface area contributed by atoms with Gasteiger partial charge in [-0.25, -0.2) is 4.39 Å². The predicted octanol–water partition coefficient (Wildman–Crippen LogP) is 2.02. The number of hydrogen-bond acceptors (Lipinski definition) is 2. The van der Waals surface area contributed by atoms with Crippen molar-refractivity contribution in [2.75, 3.05) is 0 Å². The van der Waals surface area contributed by atoms with Crippen LogP contribution < -0.4 is 5.73 Å². The van der Waals surface area contributed by atoms with E-state index in [1.165, 1.54) is 6.07 Å². The van der Waals surface area contributed by atoms with Crippen LogP contribution in [0.5, 0.6) is 0 Å². The van der Waals surface area contributed by atoms with Crippen LogP contribution in [0.2, 0.25) is 0 Å². The Morgan fingerprint density at radius 3 is 2.29 bits per heavy atom. The molecule has 1 unspecified atom stereocenters. The molecule has 0 bridgehead atoms. The van der Waals surface area contributed by atoms with Crippen molar-refractivity contribution in [2.45, 2.75) is 25.5 Å². The number of rotatable bonds is 2. The molecule has 0 spiro atoms. The summed E-state index contributed by atoms with van der Waals surface area (Å²) in [5.74, 6) is -0.378. The number of aliphatic hydroxyl groups is 1. The van der Waals surface area contributed by atoms with Crippen LogP contribution in [0.3, 0.4) is 0 Å². The van der Waals surface area contributed by atoms with Gasteiger partial charge in [0.2, 0.25) is 0 Å². The standard InChI is InChI=1S/C10H14FNO.ClH/c1-10(2,13)9(12)7-5-3-4-6-8(7)11;/h3-6,9,13H,12H2,1-2H3;1H. The molecule has 0 saturated heterocycles. The second kappa shape index (κ2) is 4.73. The maximum atomic E-state index is 13.2. The lowest BCUT2D eigenvalue weighted by molar-refractivity contribution is 0.0505. The second-order valence-electron chi connectivity index (χ2n) is 3.65. The fourth-order valence-electron chi connectivity index (χ4n) is 1.11. The number of halogens is 2.